The molecule has 0 bridgehead atoms. The summed E-state index contributed by atoms with van der Waals surface area (Å²) >= 11 is 4.47. The van der Waals surface area contributed by atoms with Gasteiger partial charge < -0.3 is 10.1 Å². The highest BCUT2D eigenvalue weighted by atomic mass is 32.2. The zero-order valence-electron chi connectivity index (χ0n) is 16.0. The van der Waals surface area contributed by atoms with Crippen molar-refractivity contribution in [2.45, 2.75) is 30.5 Å². The summed E-state index contributed by atoms with van der Waals surface area (Å²) < 4.78 is 5.87. The highest BCUT2D eigenvalue weighted by Gasteiger charge is 2.29. The predicted octanol–water partition coefficient (Wildman–Crippen LogP) is 4.58. The molecule has 150 valence electrons. The van der Waals surface area contributed by atoms with Crippen LogP contribution in [0.3, 0.4) is 0 Å². The van der Waals surface area contributed by atoms with Gasteiger partial charge in [0.2, 0.25) is 5.91 Å². The Kier molecular flexibility index (Phi) is 5.98. The van der Waals surface area contributed by atoms with E-state index in [1.165, 1.54) is 47.1 Å². The highest BCUT2D eigenvalue weighted by molar-refractivity contribution is 8.01. The molecule has 0 radical (unpaired) electrons. The number of thioether (sulfide) groups is 1. The number of rotatable bonds is 6. The van der Waals surface area contributed by atoms with Crippen LogP contribution in [0.2, 0.25) is 0 Å². The van der Waals surface area contributed by atoms with Crippen LogP contribution in [0, 0.1) is 6.92 Å². The largest absolute Gasteiger partial charge is 0.465 e. The third kappa shape index (κ3) is 4.22. The van der Waals surface area contributed by atoms with Gasteiger partial charge in [-0.1, -0.05) is 47.4 Å². The third-order valence-electron chi connectivity index (χ3n) is 4.62. The molecule has 1 N–H and O–H groups in total. The molecule has 2 heterocycles. The molecule has 9 heteroatoms. The number of nitrogens with zero attached hydrogens (tertiary/aromatic N) is 2. The molecule has 0 spiro atoms. The second-order valence-corrected chi connectivity index (χ2v) is 10.0. The number of fused-ring (bicyclic) bond motifs is 3. The minimum Gasteiger partial charge on any atom is -0.465 e. The molecule has 6 nitrogen and oxygen atoms in total. The number of aromatic nitrogens is 2. The fourth-order valence-corrected chi connectivity index (χ4v) is 6.44. The van der Waals surface area contributed by atoms with E-state index < -0.39 is 5.97 Å². The molecule has 0 unspecified atom stereocenters. The van der Waals surface area contributed by atoms with E-state index in [2.05, 4.69) is 27.6 Å². The minimum atomic E-state index is -0.407. The molecule has 3 aromatic rings. The van der Waals surface area contributed by atoms with Gasteiger partial charge in [0, 0.05) is 17.1 Å². The summed E-state index contributed by atoms with van der Waals surface area (Å²) in [6.45, 7) is 1.90. The van der Waals surface area contributed by atoms with E-state index in [0.717, 1.165) is 38.2 Å². The molecule has 0 aliphatic heterocycles. The number of benzene rings is 1. The number of carbonyl (C=O) groups is 2. The highest BCUT2D eigenvalue weighted by Crippen LogP contribution is 2.45. The van der Waals surface area contributed by atoms with Crippen molar-refractivity contribution in [1.82, 2.24) is 10.2 Å². The first-order chi connectivity index (χ1) is 14.1. The van der Waals surface area contributed by atoms with Crippen LogP contribution in [0.5, 0.6) is 0 Å². The van der Waals surface area contributed by atoms with Gasteiger partial charge in [-0.15, -0.1) is 21.5 Å². The maximum absolute atomic E-state index is 12.5. The molecule has 2 aromatic heterocycles. The van der Waals surface area contributed by atoms with E-state index in [1.807, 2.05) is 19.1 Å². The van der Waals surface area contributed by atoms with Crippen molar-refractivity contribution in [3.8, 4) is 10.4 Å². The summed E-state index contributed by atoms with van der Waals surface area (Å²) in [5.41, 5.74) is 3.85. The van der Waals surface area contributed by atoms with Crippen molar-refractivity contribution in [1.29, 1.82) is 0 Å². The quantitative estimate of drug-likeness (QED) is 0.442. The monoisotopic (exact) mass is 445 g/mol. The Hall–Kier alpha value is -2.23. The number of amides is 1. The van der Waals surface area contributed by atoms with Crippen molar-refractivity contribution >= 4 is 51.3 Å². The number of esters is 1. The molecule has 1 aliphatic carbocycles. The Bertz CT molecular complexity index is 1070. The molecule has 1 aromatic carbocycles. The standard InChI is InChI=1S/C20H19N3O3S3/c1-11-22-23-20(28-11)27-10-9-15(24)21-18-16(19(25)26-2)14-8-7-12-5-3-4-6-13(12)17(14)29-18/h3-6H,7-10H2,1-2H3,(H,21,24). The number of anilines is 1. The molecule has 1 aliphatic rings. The first kappa shape index (κ1) is 20.1. The number of hydrogen-bond acceptors (Lipinski definition) is 8. The fourth-order valence-electron chi connectivity index (χ4n) is 3.30. The van der Waals surface area contributed by atoms with Crippen molar-refractivity contribution in [3.05, 3.63) is 46.0 Å². The lowest BCUT2D eigenvalue weighted by Gasteiger charge is -2.16. The van der Waals surface area contributed by atoms with Crippen molar-refractivity contribution in [3.63, 3.8) is 0 Å². The van der Waals surface area contributed by atoms with Crippen LogP contribution >= 0.6 is 34.4 Å². The molecule has 0 atom stereocenters. The summed E-state index contributed by atoms with van der Waals surface area (Å²) in [5, 5.41) is 12.4. The molecule has 1 amide bonds. The Labute approximate surface area is 180 Å². The van der Waals surface area contributed by atoms with Gasteiger partial charge in [0.05, 0.1) is 12.7 Å². The molecular weight excluding hydrogens is 426 g/mol. The zero-order chi connectivity index (χ0) is 20.4. The van der Waals surface area contributed by atoms with Crippen LogP contribution < -0.4 is 5.32 Å². The summed E-state index contributed by atoms with van der Waals surface area (Å²) in [6, 6.07) is 8.20. The second kappa shape index (κ2) is 8.64. The van der Waals surface area contributed by atoms with Crippen LogP contribution in [-0.2, 0) is 22.4 Å². The summed E-state index contributed by atoms with van der Waals surface area (Å²) in [7, 11) is 1.37. The second-order valence-electron chi connectivity index (χ2n) is 6.50. The van der Waals surface area contributed by atoms with Crippen LogP contribution in [-0.4, -0.2) is 34.9 Å². The van der Waals surface area contributed by atoms with Crippen LogP contribution in [0.1, 0.15) is 32.9 Å². The predicted molar refractivity (Wildman–Crippen MR) is 117 cm³/mol. The lowest BCUT2D eigenvalue weighted by atomic mass is 9.89. The Morgan fingerprint density at radius 1 is 1.21 bits per heavy atom. The normalized spacial score (nSPS) is 12.2. The smallest absolute Gasteiger partial charge is 0.341 e. The van der Waals surface area contributed by atoms with Gasteiger partial charge in [0.15, 0.2) is 4.34 Å². The van der Waals surface area contributed by atoms with E-state index in [9.17, 15) is 9.59 Å². The van der Waals surface area contributed by atoms with Crippen molar-refractivity contribution in [2.24, 2.45) is 0 Å². The number of carbonyl (C=O) groups excluding carboxylic acids is 2. The van der Waals surface area contributed by atoms with Gasteiger partial charge in [0.1, 0.15) is 10.0 Å². The minimum absolute atomic E-state index is 0.129. The van der Waals surface area contributed by atoms with Crippen LogP contribution in [0.15, 0.2) is 28.6 Å². The molecule has 29 heavy (non-hydrogen) atoms. The van der Waals surface area contributed by atoms with E-state index in [-0.39, 0.29) is 5.91 Å². The van der Waals surface area contributed by atoms with E-state index in [1.54, 1.807) is 0 Å². The fraction of sp³-hybridized carbons (Fsp3) is 0.300. The van der Waals surface area contributed by atoms with E-state index in [4.69, 9.17) is 4.74 Å². The average molecular weight is 446 g/mol. The number of thiophene rings is 1. The topological polar surface area (TPSA) is 81.2 Å². The van der Waals surface area contributed by atoms with Gasteiger partial charge >= 0.3 is 5.97 Å². The summed E-state index contributed by atoms with van der Waals surface area (Å²) in [5.74, 6) is 0.0637. The molecule has 0 saturated carbocycles. The van der Waals surface area contributed by atoms with Crippen LogP contribution in [0.4, 0.5) is 5.00 Å². The first-order valence-corrected chi connectivity index (χ1v) is 11.7. The first-order valence-electron chi connectivity index (χ1n) is 9.12. The van der Waals surface area contributed by atoms with Gasteiger partial charge in [0.25, 0.3) is 0 Å². The number of aryl methyl sites for hydroxylation is 2. The number of nitrogens with one attached hydrogen (secondary N) is 1. The lowest BCUT2D eigenvalue weighted by molar-refractivity contribution is -0.115. The summed E-state index contributed by atoms with van der Waals surface area (Å²) in [4.78, 5) is 26.0. The Morgan fingerprint density at radius 2 is 2.03 bits per heavy atom. The molecule has 0 saturated heterocycles. The third-order valence-corrected chi connectivity index (χ3v) is 7.77. The molecular formula is C20H19N3O3S3. The lowest BCUT2D eigenvalue weighted by Crippen LogP contribution is -2.15. The maximum atomic E-state index is 12.5. The van der Waals surface area contributed by atoms with E-state index >= 15 is 0 Å². The van der Waals surface area contributed by atoms with Crippen molar-refractivity contribution < 1.29 is 14.3 Å². The van der Waals surface area contributed by atoms with Gasteiger partial charge in [-0.3, -0.25) is 4.79 Å². The van der Waals surface area contributed by atoms with Gasteiger partial charge in [-0.25, -0.2) is 4.79 Å². The maximum Gasteiger partial charge on any atom is 0.341 e. The Morgan fingerprint density at radius 3 is 2.79 bits per heavy atom. The van der Waals surface area contributed by atoms with Crippen molar-refractivity contribution in [2.75, 3.05) is 18.2 Å². The van der Waals surface area contributed by atoms with Gasteiger partial charge in [-0.05, 0) is 36.5 Å². The summed E-state index contributed by atoms with van der Waals surface area (Å²) in [6.07, 6.45) is 1.95. The molecule has 4 rings (SSSR count). The number of hydrogen-bond donors (Lipinski definition) is 1. The van der Waals surface area contributed by atoms with Crippen LogP contribution in [0.25, 0.3) is 10.4 Å². The number of ether oxygens (including phenoxy) is 1. The van der Waals surface area contributed by atoms with E-state index in [0.29, 0.717) is 22.7 Å². The van der Waals surface area contributed by atoms with Gasteiger partial charge in [-0.2, -0.15) is 0 Å². The average Bonchev–Trinajstić information content (AvgIpc) is 3.30. The zero-order valence-corrected chi connectivity index (χ0v) is 18.4. The number of methoxy groups -OCH3 is 1. The Balaban J connectivity index is 1.53. The molecule has 0 fully saturated rings. The SMILES string of the molecule is COC(=O)c1c(NC(=O)CCSc2nnc(C)s2)sc2c1CCc1ccccc1-2.